The third-order valence-corrected chi connectivity index (χ3v) is 4.79. The number of rotatable bonds is 6. The van der Waals surface area contributed by atoms with Gasteiger partial charge >= 0.3 is 5.97 Å². The van der Waals surface area contributed by atoms with Gasteiger partial charge in [-0.15, -0.1) is 0 Å². The monoisotopic (exact) mass is 421 g/mol. The molecule has 0 bridgehead atoms. The molecule has 8 nitrogen and oxygen atoms in total. The van der Waals surface area contributed by atoms with Crippen molar-refractivity contribution in [3.63, 3.8) is 0 Å². The molecule has 0 unspecified atom stereocenters. The van der Waals surface area contributed by atoms with E-state index in [0.717, 1.165) is 17.2 Å². The van der Waals surface area contributed by atoms with E-state index < -0.39 is 29.4 Å². The Kier molecular flexibility index (Phi) is 6.49. The van der Waals surface area contributed by atoms with E-state index in [2.05, 4.69) is 15.6 Å². The van der Waals surface area contributed by atoms with Crippen LogP contribution in [0.2, 0.25) is 0 Å². The van der Waals surface area contributed by atoms with E-state index in [9.17, 15) is 19.2 Å². The van der Waals surface area contributed by atoms with E-state index in [1.165, 1.54) is 6.92 Å². The average molecular weight is 421 g/mol. The highest BCUT2D eigenvalue weighted by atomic mass is 16.5. The smallest absolute Gasteiger partial charge is 0.339 e. The number of carbonyl (C=O) groups is 3. The zero-order chi connectivity index (χ0) is 22.5. The summed E-state index contributed by atoms with van der Waals surface area (Å²) in [4.78, 5) is 51.5. The third kappa shape index (κ3) is 5.16. The number of aromatic amines is 1. The van der Waals surface area contributed by atoms with Crippen LogP contribution in [0.15, 0.2) is 53.3 Å². The van der Waals surface area contributed by atoms with Gasteiger partial charge in [-0.25, -0.2) is 4.79 Å². The van der Waals surface area contributed by atoms with Gasteiger partial charge in [0.05, 0.1) is 12.1 Å². The van der Waals surface area contributed by atoms with Crippen molar-refractivity contribution in [1.82, 2.24) is 10.3 Å². The molecule has 8 heteroatoms. The number of amides is 2. The Hall–Kier alpha value is -3.94. The van der Waals surface area contributed by atoms with E-state index in [0.29, 0.717) is 16.6 Å². The standard InChI is InChI=1S/C23H23N3O5/c1-13-7-6-8-14(2)21(13)26-20(28)12-24-22(29)15(3)31-23(30)17-11-19(27)25-18-10-5-4-9-16(17)18/h4-11,15H,12H2,1-3H3,(H,24,29)(H,25,27)(H,26,28)/t15-/m1/s1. The second-order valence-electron chi connectivity index (χ2n) is 7.17. The number of hydrogen-bond acceptors (Lipinski definition) is 5. The maximum atomic E-state index is 12.5. The summed E-state index contributed by atoms with van der Waals surface area (Å²) >= 11 is 0. The number of carbonyl (C=O) groups excluding carboxylic acids is 3. The lowest BCUT2D eigenvalue weighted by Crippen LogP contribution is -2.40. The second-order valence-corrected chi connectivity index (χ2v) is 7.17. The van der Waals surface area contributed by atoms with E-state index in [-0.39, 0.29) is 12.1 Å². The normalized spacial score (nSPS) is 11.6. The molecule has 0 radical (unpaired) electrons. The number of aryl methyl sites for hydroxylation is 2. The van der Waals surface area contributed by atoms with Gasteiger partial charge in [0, 0.05) is 22.7 Å². The van der Waals surface area contributed by atoms with Crippen LogP contribution in [0, 0.1) is 13.8 Å². The van der Waals surface area contributed by atoms with Crippen molar-refractivity contribution in [1.29, 1.82) is 0 Å². The number of pyridine rings is 1. The van der Waals surface area contributed by atoms with E-state index >= 15 is 0 Å². The van der Waals surface area contributed by atoms with Gasteiger partial charge in [-0.3, -0.25) is 14.4 Å². The lowest BCUT2D eigenvalue weighted by atomic mass is 10.1. The van der Waals surface area contributed by atoms with Crippen molar-refractivity contribution >= 4 is 34.4 Å². The van der Waals surface area contributed by atoms with Crippen LogP contribution in [0.1, 0.15) is 28.4 Å². The fourth-order valence-electron chi connectivity index (χ4n) is 3.16. The van der Waals surface area contributed by atoms with Gasteiger partial charge in [-0.05, 0) is 38.0 Å². The lowest BCUT2D eigenvalue weighted by Gasteiger charge is -2.15. The first kappa shape index (κ1) is 21.8. The molecule has 1 atom stereocenters. The minimum absolute atomic E-state index is 0.0618. The summed E-state index contributed by atoms with van der Waals surface area (Å²) in [6, 6.07) is 13.6. The molecular weight excluding hydrogens is 398 g/mol. The SMILES string of the molecule is Cc1cccc(C)c1NC(=O)CNC(=O)[C@@H](C)OC(=O)c1cc(=O)[nH]c2ccccc12. The van der Waals surface area contributed by atoms with E-state index in [1.807, 2.05) is 32.0 Å². The van der Waals surface area contributed by atoms with Crippen LogP contribution in [0.25, 0.3) is 10.9 Å². The number of anilines is 1. The molecule has 0 saturated heterocycles. The van der Waals surface area contributed by atoms with Gasteiger partial charge in [0.1, 0.15) is 0 Å². The molecule has 0 spiro atoms. The molecule has 0 aliphatic rings. The topological polar surface area (TPSA) is 117 Å². The summed E-state index contributed by atoms with van der Waals surface area (Å²) in [5.41, 5.74) is 2.61. The number of benzene rings is 2. The Morgan fingerprint density at radius 1 is 1.03 bits per heavy atom. The van der Waals surface area contributed by atoms with Gasteiger partial charge in [-0.2, -0.15) is 0 Å². The van der Waals surface area contributed by atoms with Crippen LogP contribution < -0.4 is 16.2 Å². The van der Waals surface area contributed by atoms with Gasteiger partial charge in [0.2, 0.25) is 11.5 Å². The van der Waals surface area contributed by atoms with Crippen molar-refractivity contribution in [2.45, 2.75) is 26.9 Å². The van der Waals surface area contributed by atoms with E-state index in [1.54, 1.807) is 24.3 Å². The summed E-state index contributed by atoms with van der Waals surface area (Å²) in [6.07, 6.45) is -1.15. The van der Waals surface area contributed by atoms with Crippen molar-refractivity contribution in [2.24, 2.45) is 0 Å². The fourth-order valence-corrected chi connectivity index (χ4v) is 3.16. The first-order chi connectivity index (χ1) is 14.8. The lowest BCUT2D eigenvalue weighted by molar-refractivity contribution is -0.130. The number of fused-ring (bicyclic) bond motifs is 1. The van der Waals surface area contributed by atoms with Gasteiger partial charge in [0.25, 0.3) is 5.91 Å². The van der Waals surface area contributed by atoms with Crippen LogP contribution in [0.3, 0.4) is 0 Å². The maximum Gasteiger partial charge on any atom is 0.339 e. The highest BCUT2D eigenvalue weighted by Crippen LogP contribution is 2.19. The second kappa shape index (κ2) is 9.25. The maximum absolute atomic E-state index is 12.5. The number of para-hydroxylation sites is 2. The minimum atomic E-state index is -1.15. The molecule has 1 heterocycles. The van der Waals surface area contributed by atoms with Crippen LogP contribution in [0.5, 0.6) is 0 Å². The van der Waals surface area contributed by atoms with Crippen molar-refractivity contribution in [3.05, 3.63) is 75.6 Å². The predicted octanol–water partition coefficient (Wildman–Crippen LogP) is 2.45. The molecule has 3 rings (SSSR count). The molecule has 3 N–H and O–H groups in total. The van der Waals surface area contributed by atoms with Gasteiger partial charge in [-0.1, -0.05) is 36.4 Å². The fraction of sp³-hybridized carbons (Fsp3) is 0.217. The van der Waals surface area contributed by atoms with Crippen LogP contribution >= 0.6 is 0 Å². The Morgan fingerprint density at radius 2 is 1.71 bits per heavy atom. The van der Waals surface area contributed by atoms with Crippen molar-refractivity contribution < 1.29 is 19.1 Å². The predicted molar refractivity (Wildman–Crippen MR) is 117 cm³/mol. The van der Waals surface area contributed by atoms with E-state index in [4.69, 9.17) is 4.74 Å². The van der Waals surface area contributed by atoms with Crippen molar-refractivity contribution in [2.75, 3.05) is 11.9 Å². The zero-order valence-electron chi connectivity index (χ0n) is 17.4. The largest absolute Gasteiger partial charge is 0.449 e. The first-order valence-electron chi connectivity index (χ1n) is 9.73. The number of esters is 1. The molecular formula is C23H23N3O5. The molecule has 160 valence electrons. The Balaban J connectivity index is 1.60. The Bertz CT molecular complexity index is 1200. The highest BCUT2D eigenvalue weighted by Gasteiger charge is 2.21. The molecule has 2 amide bonds. The summed E-state index contributed by atoms with van der Waals surface area (Å²) in [5.74, 6) is -1.83. The molecule has 0 aliphatic heterocycles. The summed E-state index contributed by atoms with van der Waals surface area (Å²) in [7, 11) is 0. The summed E-state index contributed by atoms with van der Waals surface area (Å²) in [5, 5.41) is 5.72. The van der Waals surface area contributed by atoms with Crippen molar-refractivity contribution in [3.8, 4) is 0 Å². The van der Waals surface area contributed by atoms with Crippen LogP contribution in [0.4, 0.5) is 5.69 Å². The summed E-state index contributed by atoms with van der Waals surface area (Å²) in [6.45, 7) is 4.87. The zero-order valence-corrected chi connectivity index (χ0v) is 17.4. The quantitative estimate of drug-likeness (QED) is 0.529. The van der Waals surface area contributed by atoms with Crippen LogP contribution in [-0.4, -0.2) is 35.4 Å². The molecule has 31 heavy (non-hydrogen) atoms. The van der Waals surface area contributed by atoms with Crippen LogP contribution in [-0.2, 0) is 14.3 Å². The number of aromatic nitrogens is 1. The Labute approximate surface area is 178 Å². The number of nitrogens with one attached hydrogen (secondary N) is 3. The average Bonchev–Trinajstić information content (AvgIpc) is 2.73. The highest BCUT2D eigenvalue weighted by molar-refractivity contribution is 6.04. The summed E-state index contributed by atoms with van der Waals surface area (Å²) < 4.78 is 5.21. The first-order valence-corrected chi connectivity index (χ1v) is 9.73. The molecule has 2 aromatic carbocycles. The van der Waals surface area contributed by atoms with Gasteiger partial charge < -0.3 is 20.4 Å². The minimum Gasteiger partial charge on any atom is -0.449 e. The number of ether oxygens (including phenoxy) is 1. The molecule has 0 fully saturated rings. The number of H-pyrrole nitrogens is 1. The molecule has 0 saturated carbocycles. The molecule has 0 aliphatic carbocycles. The number of hydrogen-bond donors (Lipinski definition) is 3. The third-order valence-electron chi connectivity index (χ3n) is 4.79. The molecule has 3 aromatic rings. The van der Waals surface area contributed by atoms with Gasteiger partial charge in [0.15, 0.2) is 6.10 Å². The Morgan fingerprint density at radius 3 is 2.42 bits per heavy atom. The molecule has 1 aromatic heterocycles.